The smallest absolute Gasteiger partial charge is 0.285 e. The Hall–Kier alpha value is -1.75. The predicted molar refractivity (Wildman–Crippen MR) is 70.1 cm³/mol. The van der Waals surface area contributed by atoms with E-state index in [4.69, 9.17) is 0 Å². The highest BCUT2D eigenvalue weighted by Gasteiger charge is 2.30. The van der Waals surface area contributed by atoms with E-state index in [0.29, 0.717) is 13.0 Å². The molecule has 0 saturated carbocycles. The summed E-state index contributed by atoms with van der Waals surface area (Å²) in [6, 6.07) is 7.86. The van der Waals surface area contributed by atoms with Crippen molar-refractivity contribution in [3.63, 3.8) is 0 Å². The summed E-state index contributed by atoms with van der Waals surface area (Å²) in [5.41, 5.74) is 0.0412. The van der Waals surface area contributed by atoms with E-state index >= 15 is 0 Å². The van der Waals surface area contributed by atoms with Gasteiger partial charge in [-0.15, -0.1) is 0 Å². The van der Waals surface area contributed by atoms with Crippen LogP contribution >= 0.6 is 0 Å². The molecule has 0 fully saturated rings. The lowest BCUT2D eigenvalue weighted by molar-refractivity contribution is -0.00289. The molecule has 0 aliphatic heterocycles. The minimum atomic E-state index is -2.84. The monoisotopic (exact) mass is 265 g/mol. The minimum absolute atomic E-state index is 0.0412. The van der Waals surface area contributed by atoms with E-state index in [9.17, 15) is 8.78 Å². The highest BCUT2D eigenvalue weighted by Crippen LogP contribution is 2.26. The Kier molecular flexibility index (Phi) is 4.27. The van der Waals surface area contributed by atoms with Crippen molar-refractivity contribution >= 4 is 0 Å². The van der Waals surface area contributed by atoms with E-state index in [0.717, 1.165) is 5.82 Å². The Morgan fingerprint density at radius 1 is 1.26 bits per heavy atom. The molecule has 0 amide bonds. The molecule has 1 aromatic carbocycles. The first-order valence-electron chi connectivity index (χ1n) is 6.20. The summed E-state index contributed by atoms with van der Waals surface area (Å²) in [5.74, 6) is -1.96. The number of benzene rings is 1. The second-order valence-corrected chi connectivity index (χ2v) is 4.45. The standard InChI is InChI=1S/C14H17F2N3/c1-19-10-9-18-13(19)7-8-17-11-14(15,16)12-5-3-2-4-6-12/h2-6,9-10,17H,7-8,11H2,1H3. The molecular weight excluding hydrogens is 248 g/mol. The molecule has 2 rings (SSSR count). The third kappa shape index (κ3) is 3.61. The van der Waals surface area contributed by atoms with Gasteiger partial charge >= 0.3 is 0 Å². The van der Waals surface area contributed by atoms with Crippen molar-refractivity contribution in [1.29, 1.82) is 0 Å². The van der Waals surface area contributed by atoms with Gasteiger partial charge in [0.1, 0.15) is 5.82 Å². The molecule has 1 N–H and O–H groups in total. The number of aryl methyl sites for hydroxylation is 1. The molecule has 0 unspecified atom stereocenters. The molecule has 0 radical (unpaired) electrons. The molecule has 0 bridgehead atoms. The summed E-state index contributed by atoms with van der Waals surface area (Å²) in [7, 11) is 1.89. The zero-order valence-corrected chi connectivity index (χ0v) is 10.8. The number of hydrogen-bond donors (Lipinski definition) is 1. The number of nitrogens with zero attached hydrogens (tertiary/aromatic N) is 2. The number of aromatic nitrogens is 2. The number of alkyl halides is 2. The molecule has 2 aromatic rings. The lowest BCUT2D eigenvalue weighted by atomic mass is 10.1. The molecule has 0 saturated heterocycles. The second-order valence-electron chi connectivity index (χ2n) is 4.45. The third-order valence-corrected chi connectivity index (χ3v) is 2.99. The van der Waals surface area contributed by atoms with Crippen molar-refractivity contribution in [2.24, 2.45) is 7.05 Å². The van der Waals surface area contributed by atoms with Gasteiger partial charge in [-0.2, -0.15) is 8.78 Å². The van der Waals surface area contributed by atoms with Gasteiger partial charge in [0.15, 0.2) is 0 Å². The van der Waals surface area contributed by atoms with Gasteiger partial charge < -0.3 is 9.88 Å². The number of nitrogens with one attached hydrogen (secondary N) is 1. The summed E-state index contributed by atoms with van der Waals surface area (Å²) in [4.78, 5) is 4.14. The van der Waals surface area contributed by atoms with E-state index in [2.05, 4.69) is 10.3 Å². The number of imidazole rings is 1. The highest BCUT2D eigenvalue weighted by atomic mass is 19.3. The van der Waals surface area contributed by atoms with Crippen molar-refractivity contribution in [3.8, 4) is 0 Å². The fourth-order valence-electron chi connectivity index (χ4n) is 1.87. The first-order chi connectivity index (χ1) is 9.09. The van der Waals surface area contributed by atoms with Gasteiger partial charge in [-0.25, -0.2) is 4.98 Å². The van der Waals surface area contributed by atoms with Crippen LogP contribution in [0.2, 0.25) is 0 Å². The van der Waals surface area contributed by atoms with Gasteiger partial charge in [-0.1, -0.05) is 30.3 Å². The minimum Gasteiger partial charge on any atom is -0.338 e. The average Bonchev–Trinajstić information content (AvgIpc) is 2.81. The summed E-state index contributed by atoms with van der Waals surface area (Å²) in [5, 5.41) is 2.79. The van der Waals surface area contributed by atoms with Crippen molar-refractivity contribution in [2.45, 2.75) is 12.3 Å². The second kappa shape index (κ2) is 5.93. The Labute approximate surface area is 111 Å². The Morgan fingerprint density at radius 2 is 2.00 bits per heavy atom. The normalized spacial score (nSPS) is 11.7. The van der Waals surface area contributed by atoms with Crippen LogP contribution in [0.1, 0.15) is 11.4 Å². The van der Waals surface area contributed by atoms with Gasteiger partial charge in [0.25, 0.3) is 5.92 Å². The van der Waals surface area contributed by atoms with Crippen LogP contribution in [-0.4, -0.2) is 22.6 Å². The van der Waals surface area contributed by atoms with Crippen LogP contribution in [0.4, 0.5) is 8.78 Å². The molecule has 19 heavy (non-hydrogen) atoms. The van der Waals surface area contributed by atoms with Crippen LogP contribution in [0, 0.1) is 0 Å². The Balaban J connectivity index is 1.81. The van der Waals surface area contributed by atoms with Crippen LogP contribution < -0.4 is 5.32 Å². The molecule has 0 aliphatic rings. The van der Waals surface area contributed by atoms with Crippen molar-refractivity contribution in [1.82, 2.24) is 14.9 Å². The number of halogens is 2. The zero-order valence-electron chi connectivity index (χ0n) is 10.8. The quantitative estimate of drug-likeness (QED) is 0.812. The fourth-order valence-corrected chi connectivity index (χ4v) is 1.87. The van der Waals surface area contributed by atoms with E-state index in [-0.39, 0.29) is 12.1 Å². The highest BCUT2D eigenvalue weighted by molar-refractivity contribution is 5.20. The molecule has 1 heterocycles. The van der Waals surface area contributed by atoms with Crippen molar-refractivity contribution < 1.29 is 8.78 Å². The van der Waals surface area contributed by atoms with E-state index in [1.54, 1.807) is 24.4 Å². The zero-order chi connectivity index (χ0) is 13.7. The first kappa shape index (κ1) is 13.7. The van der Waals surface area contributed by atoms with E-state index in [1.165, 1.54) is 12.1 Å². The van der Waals surface area contributed by atoms with E-state index in [1.807, 2.05) is 17.8 Å². The molecule has 102 valence electrons. The Bertz CT molecular complexity index is 508. The largest absolute Gasteiger partial charge is 0.338 e. The van der Waals surface area contributed by atoms with Gasteiger partial charge in [0, 0.05) is 38.0 Å². The molecule has 3 nitrogen and oxygen atoms in total. The van der Waals surface area contributed by atoms with Gasteiger partial charge in [-0.05, 0) is 0 Å². The molecule has 0 atom stereocenters. The molecule has 1 aromatic heterocycles. The third-order valence-electron chi connectivity index (χ3n) is 2.99. The van der Waals surface area contributed by atoms with Crippen LogP contribution in [0.25, 0.3) is 0 Å². The van der Waals surface area contributed by atoms with Crippen LogP contribution in [0.5, 0.6) is 0 Å². The van der Waals surface area contributed by atoms with Gasteiger partial charge in [-0.3, -0.25) is 0 Å². The molecule has 5 heteroatoms. The maximum atomic E-state index is 13.8. The molecular formula is C14H17F2N3. The topological polar surface area (TPSA) is 29.9 Å². The van der Waals surface area contributed by atoms with Crippen LogP contribution in [-0.2, 0) is 19.4 Å². The number of hydrogen-bond acceptors (Lipinski definition) is 2. The SMILES string of the molecule is Cn1ccnc1CCNCC(F)(F)c1ccccc1. The van der Waals surface area contributed by atoms with Gasteiger partial charge in [0.2, 0.25) is 0 Å². The van der Waals surface area contributed by atoms with Crippen LogP contribution in [0.3, 0.4) is 0 Å². The first-order valence-corrected chi connectivity index (χ1v) is 6.20. The maximum Gasteiger partial charge on any atom is 0.285 e. The lowest BCUT2D eigenvalue weighted by Gasteiger charge is -2.17. The lowest BCUT2D eigenvalue weighted by Crippen LogP contribution is -2.32. The Morgan fingerprint density at radius 3 is 2.63 bits per heavy atom. The summed E-state index contributed by atoms with van der Waals surface area (Å²) >= 11 is 0. The van der Waals surface area contributed by atoms with Crippen molar-refractivity contribution in [2.75, 3.05) is 13.1 Å². The van der Waals surface area contributed by atoms with Crippen molar-refractivity contribution in [3.05, 3.63) is 54.1 Å². The van der Waals surface area contributed by atoms with E-state index < -0.39 is 5.92 Å². The average molecular weight is 265 g/mol. The van der Waals surface area contributed by atoms with Gasteiger partial charge in [0.05, 0.1) is 6.54 Å². The summed E-state index contributed by atoms with van der Waals surface area (Å²) < 4.78 is 29.5. The summed E-state index contributed by atoms with van der Waals surface area (Å²) in [6.07, 6.45) is 4.18. The molecule has 0 aliphatic carbocycles. The summed E-state index contributed by atoms with van der Waals surface area (Å²) in [6.45, 7) is 0.120. The van der Waals surface area contributed by atoms with Crippen LogP contribution in [0.15, 0.2) is 42.7 Å². The fraction of sp³-hybridized carbons (Fsp3) is 0.357. The maximum absolute atomic E-state index is 13.8. The number of rotatable bonds is 6. The molecule has 0 spiro atoms. The predicted octanol–water partition coefficient (Wildman–Crippen LogP) is 2.34.